The molecule has 1 unspecified atom stereocenters. The van der Waals surface area contributed by atoms with Crippen molar-refractivity contribution in [2.75, 3.05) is 14.2 Å². The number of hydrogen-bond acceptors (Lipinski definition) is 4. The van der Waals surface area contributed by atoms with Crippen LogP contribution in [0.4, 0.5) is 0 Å². The molecule has 23 heavy (non-hydrogen) atoms. The van der Waals surface area contributed by atoms with Gasteiger partial charge in [-0.05, 0) is 6.42 Å². The average Bonchev–Trinajstić information content (AvgIpc) is 2.57. The van der Waals surface area contributed by atoms with Gasteiger partial charge in [0.1, 0.15) is 0 Å². The summed E-state index contributed by atoms with van der Waals surface area (Å²) >= 11 is 0. The fourth-order valence-corrected chi connectivity index (χ4v) is 2.74. The van der Waals surface area contributed by atoms with E-state index < -0.39 is 11.8 Å². The van der Waals surface area contributed by atoms with Gasteiger partial charge in [-0.1, -0.05) is 77.6 Å². The lowest BCUT2D eigenvalue weighted by Gasteiger charge is -2.13. The maximum Gasteiger partial charge on any atom is 0.374 e. The number of esters is 1. The Morgan fingerprint density at radius 1 is 0.783 bits per heavy atom. The highest BCUT2D eigenvalue weighted by Gasteiger charge is 2.19. The molecule has 0 amide bonds. The van der Waals surface area contributed by atoms with E-state index >= 15 is 0 Å². The Balaban J connectivity index is 3.47. The van der Waals surface area contributed by atoms with Crippen molar-refractivity contribution in [1.82, 2.24) is 0 Å². The van der Waals surface area contributed by atoms with Gasteiger partial charge in [-0.2, -0.15) is 0 Å². The molecule has 0 rings (SSSR count). The van der Waals surface area contributed by atoms with Crippen LogP contribution >= 0.6 is 0 Å². The quantitative estimate of drug-likeness (QED) is 0.231. The minimum absolute atomic E-state index is 0.126. The van der Waals surface area contributed by atoms with Crippen LogP contribution in [-0.2, 0) is 19.1 Å². The number of unbranched alkanes of at least 4 members (excludes halogenated alkanes) is 10. The second kappa shape index (κ2) is 16.0. The number of methoxy groups -OCH3 is 2. The summed E-state index contributed by atoms with van der Waals surface area (Å²) in [5.41, 5.74) is 0. The van der Waals surface area contributed by atoms with Crippen molar-refractivity contribution in [2.24, 2.45) is 0 Å². The van der Waals surface area contributed by atoms with Crippen LogP contribution in [0.15, 0.2) is 0 Å². The summed E-state index contributed by atoms with van der Waals surface area (Å²) in [6.07, 6.45) is 15.1. The standard InChI is InChI=1S/C19H36O4/c1-4-5-6-7-8-9-10-11-12-13-14-15-17(22-2)16-18(20)19(21)23-3/h17H,4-16H2,1-3H3. The highest BCUT2D eigenvalue weighted by Crippen LogP contribution is 2.14. The minimum atomic E-state index is -0.772. The second-order valence-corrected chi connectivity index (χ2v) is 6.30. The fourth-order valence-electron chi connectivity index (χ4n) is 2.74. The van der Waals surface area contributed by atoms with E-state index in [1.165, 1.54) is 71.3 Å². The average molecular weight is 328 g/mol. The van der Waals surface area contributed by atoms with Crippen molar-refractivity contribution in [3.63, 3.8) is 0 Å². The van der Waals surface area contributed by atoms with Gasteiger partial charge in [-0.25, -0.2) is 4.79 Å². The van der Waals surface area contributed by atoms with E-state index in [0.717, 1.165) is 12.8 Å². The van der Waals surface area contributed by atoms with Crippen molar-refractivity contribution in [1.29, 1.82) is 0 Å². The Kier molecular flexibility index (Phi) is 15.4. The summed E-state index contributed by atoms with van der Waals surface area (Å²) in [5.74, 6) is -1.27. The molecule has 0 N–H and O–H groups in total. The van der Waals surface area contributed by atoms with E-state index in [0.29, 0.717) is 0 Å². The molecule has 0 heterocycles. The van der Waals surface area contributed by atoms with Crippen LogP contribution in [-0.4, -0.2) is 32.1 Å². The van der Waals surface area contributed by atoms with E-state index in [1.54, 1.807) is 7.11 Å². The minimum Gasteiger partial charge on any atom is -0.463 e. The van der Waals surface area contributed by atoms with Crippen molar-refractivity contribution in [3.05, 3.63) is 0 Å². The van der Waals surface area contributed by atoms with Crippen LogP contribution in [0.1, 0.15) is 90.4 Å². The highest BCUT2D eigenvalue weighted by atomic mass is 16.5. The summed E-state index contributed by atoms with van der Waals surface area (Å²) in [6.45, 7) is 2.25. The van der Waals surface area contributed by atoms with Gasteiger partial charge in [0.25, 0.3) is 0 Å². The summed E-state index contributed by atoms with van der Waals surface area (Å²) in [4.78, 5) is 22.6. The van der Waals surface area contributed by atoms with Gasteiger partial charge in [-0.15, -0.1) is 0 Å². The molecule has 4 heteroatoms. The summed E-state index contributed by atoms with van der Waals surface area (Å²) in [5, 5.41) is 0. The lowest BCUT2D eigenvalue weighted by atomic mass is 10.0. The van der Waals surface area contributed by atoms with Crippen molar-refractivity contribution < 1.29 is 19.1 Å². The SMILES string of the molecule is CCCCCCCCCCCCCC(CC(=O)C(=O)OC)OC. The van der Waals surface area contributed by atoms with Crippen molar-refractivity contribution in [2.45, 2.75) is 96.5 Å². The molecular weight excluding hydrogens is 292 g/mol. The zero-order valence-electron chi connectivity index (χ0n) is 15.4. The van der Waals surface area contributed by atoms with Gasteiger partial charge >= 0.3 is 5.97 Å². The zero-order valence-corrected chi connectivity index (χ0v) is 15.4. The summed E-state index contributed by atoms with van der Waals surface area (Å²) in [6, 6.07) is 0. The van der Waals surface area contributed by atoms with Gasteiger partial charge in [0.2, 0.25) is 5.78 Å². The molecule has 0 saturated heterocycles. The highest BCUT2D eigenvalue weighted by molar-refractivity contribution is 6.33. The molecule has 0 saturated carbocycles. The molecule has 0 radical (unpaired) electrons. The van der Waals surface area contributed by atoms with E-state index in [-0.39, 0.29) is 12.5 Å². The Bertz CT molecular complexity index is 302. The Morgan fingerprint density at radius 2 is 1.26 bits per heavy atom. The number of ketones is 1. The number of Topliss-reactive ketones (excluding diaryl/α,β-unsaturated/α-hetero) is 1. The Hall–Kier alpha value is -0.900. The van der Waals surface area contributed by atoms with Gasteiger partial charge in [0.05, 0.1) is 13.2 Å². The predicted octanol–water partition coefficient (Wildman–Crippen LogP) is 4.83. The molecule has 0 aromatic heterocycles. The number of carbonyl (C=O) groups is 2. The third-order valence-electron chi connectivity index (χ3n) is 4.29. The van der Waals surface area contributed by atoms with E-state index in [2.05, 4.69) is 11.7 Å². The normalized spacial score (nSPS) is 12.1. The second-order valence-electron chi connectivity index (χ2n) is 6.30. The number of carbonyl (C=O) groups excluding carboxylic acids is 2. The lowest BCUT2D eigenvalue weighted by molar-refractivity contribution is -0.152. The molecule has 0 aliphatic carbocycles. The molecule has 136 valence electrons. The Morgan fingerprint density at radius 3 is 1.70 bits per heavy atom. The van der Waals surface area contributed by atoms with Crippen molar-refractivity contribution >= 4 is 11.8 Å². The van der Waals surface area contributed by atoms with E-state index in [9.17, 15) is 9.59 Å². The molecular formula is C19H36O4. The number of hydrogen-bond donors (Lipinski definition) is 0. The molecule has 0 aliphatic rings. The molecule has 0 spiro atoms. The van der Waals surface area contributed by atoms with Gasteiger partial charge in [0.15, 0.2) is 0 Å². The van der Waals surface area contributed by atoms with E-state index in [4.69, 9.17) is 4.74 Å². The van der Waals surface area contributed by atoms with Crippen LogP contribution < -0.4 is 0 Å². The monoisotopic (exact) mass is 328 g/mol. The van der Waals surface area contributed by atoms with Crippen LogP contribution in [0.2, 0.25) is 0 Å². The van der Waals surface area contributed by atoms with Gasteiger partial charge in [0, 0.05) is 13.5 Å². The first-order valence-electron chi connectivity index (χ1n) is 9.29. The zero-order chi connectivity index (χ0) is 17.3. The largest absolute Gasteiger partial charge is 0.463 e. The predicted molar refractivity (Wildman–Crippen MR) is 93.5 cm³/mol. The first-order chi connectivity index (χ1) is 11.2. The third-order valence-corrected chi connectivity index (χ3v) is 4.29. The van der Waals surface area contributed by atoms with E-state index in [1.807, 2.05) is 0 Å². The maximum absolute atomic E-state index is 11.5. The molecule has 0 aromatic carbocycles. The number of rotatable bonds is 16. The number of ether oxygens (including phenoxy) is 2. The third kappa shape index (κ3) is 13.3. The first-order valence-corrected chi connectivity index (χ1v) is 9.29. The van der Waals surface area contributed by atoms with Crippen LogP contribution in [0.25, 0.3) is 0 Å². The molecule has 0 bridgehead atoms. The summed E-state index contributed by atoms with van der Waals surface area (Å²) in [7, 11) is 2.82. The van der Waals surface area contributed by atoms with Crippen LogP contribution in [0, 0.1) is 0 Å². The molecule has 0 fully saturated rings. The smallest absolute Gasteiger partial charge is 0.374 e. The van der Waals surface area contributed by atoms with Gasteiger partial charge in [-0.3, -0.25) is 4.79 Å². The fraction of sp³-hybridized carbons (Fsp3) is 0.895. The van der Waals surface area contributed by atoms with Crippen LogP contribution in [0.5, 0.6) is 0 Å². The maximum atomic E-state index is 11.5. The first kappa shape index (κ1) is 22.1. The Labute approximate surface area is 142 Å². The van der Waals surface area contributed by atoms with Crippen LogP contribution in [0.3, 0.4) is 0 Å². The molecule has 4 nitrogen and oxygen atoms in total. The summed E-state index contributed by atoms with van der Waals surface area (Å²) < 4.78 is 9.70. The molecule has 0 aliphatic heterocycles. The van der Waals surface area contributed by atoms with Crippen molar-refractivity contribution in [3.8, 4) is 0 Å². The topological polar surface area (TPSA) is 52.6 Å². The lowest BCUT2D eigenvalue weighted by Crippen LogP contribution is -2.23. The molecule has 1 atom stereocenters. The molecule has 0 aromatic rings. The van der Waals surface area contributed by atoms with Gasteiger partial charge < -0.3 is 9.47 Å².